The standard InChI is InChI=1S/C29H32N8O/c1-36-9-11-37(12-10-36)27-4-2-3-25-23(27)15-26(33-25)28-24-14-20(17-32-29(24)35-34-28)19-13-22(18-31-16-19)38-21-5-7-30-8-6-21/h2-4,13-18,21,30,33H,5-12H2,1H3,(H,32,34,35). The van der Waals surface area contributed by atoms with E-state index in [1.54, 1.807) is 6.20 Å². The molecular weight excluding hydrogens is 476 g/mol. The average Bonchev–Trinajstić information content (AvgIpc) is 3.58. The van der Waals surface area contributed by atoms with Crippen molar-refractivity contribution in [2.75, 3.05) is 51.2 Å². The number of hydrogen-bond acceptors (Lipinski definition) is 7. The number of aromatic amines is 2. The van der Waals surface area contributed by atoms with E-state index in [9.17, 15) is 0 Å². The van der Waals surface area contributed by atoms with E-state index >= 15 is 0 Å². The number of piperidine rings is 1. The largest absolute Gasteiger partial charge is 0.489 e. The molecule has 2 aliphatic rings. The number of anilines is 1. The van der Waals surface area contributed by atoms with Crippen molar-refractivity contribution in [3.63, 3.8) is 0 Å². The first kappa shape index (κ1) is 23.2. The van der Waals surface area contributed by atoms with Crippen LogP contribution in [0.25, 0.3) is 44.5 Å². The van der Waals surface area contributed by atoms with Crippen LogP contribution in [0.3, 0.4) is 0 Å². The molecule has 5 aromatic rings. The molecule has 3 N–H and O–H groups in total. The van der Waals surface area contributed by atoms with Gasteiger partial charge in [0.05, 0.1) is 17.6 Å². The molecule has 0 atom stereocenters. The van der Waals surface area contributed by atoms with E-state index in [-0.39, 0.29) is 6.10 Å². The first-order chi connectivity index (χ1) is 18.7. The molecule has 9 heteroatoms. The summed E-state index contributed by atoms with van der Waals surface area (Å²) in [5.41, 5.74) is 6.99. The van der Waals surface area contributed by atoms with Crippen molar-refractivity contribution in [1.82, 2.24) is 35.4 Å². The smallest absolute Gasteiger partial charge is 0.181 e. The highest BCUT2D eigenvalue weighted by Gasteiger charge is 2.19. The summed E-state index contributed by atoms with van der Waals surface area (Å²) in [6.07, 6.45) is 7.77. The molecule has 0 saturated carbocycles. The summed E-state index contributed by atoms with van der Waals surface area (Å²) in [7, 11) is 2.19. The average molecular weight is 509 g/mol. The zero-order chi connectivity index (χ0) is 25.5. The minimum Gasteiger partial charge on any atom is -0.489 e. The van der Waals surface area contributed by atoms with Crippen LogP contribution in [0, 0.1) is 0 Å². The molecule has 38 heavy (non-hydrogen) atoms. The Balaban J connectivity index is 1.22. The first-order valence-corrected chi connectivity index (χ1v) is 13.4. The van der Waals surface area contributed by atoms with Crippen LogP contribution in [-0.4, -0.2) is 82.5 Å². The minimum absolute atomic E-state index is 0.229. The van der Waals surface area contributed by atoms with Crippen LogP contribution in [0.2, 0.25) is 0 Å². The van der Waals surface area contributed by atoms with Crippen molar-refractivity contribution in [2.24, 2.45) is 0 Å². The maximum Gasteiger partial charge on any atom is 0.181 e. The molecule has 6 heterocycles. The highest BCUT2D eigenvalue weighted by atomic mass is 16.5. The molecule has 4 aromatic heterocycles. The highest BCUT2D eigenvalue weighted by molar-refractivity contribution is 6.00. The van der Waals surface area contributed by atoms with Crippen LogP contribution in [-0.2, 0) is 0 Å². The molecule has 7 rings (SSSR count). The number of fused-ring (bicyclic) bond motifs is 2. The molecule has 0 amide bonds. The summed E-state index contributed by atoms with van der Waals surface area (Å²) >= 11 is 0. The number of pyridine rings is 2. The van der Waals surface area contributed by atoms with Crippen LogP contribution in [0.4, 0.5) is 5.69 Å². The molecule has 0 unspecified atom stereocenters. The van der Waals surface area contributed by atoms with Gasteiger partial charge in [-0.05, 0) is 63.3 Å². The van der Waals surface area contributed by atoms with Crippen molar-refractivity contribution in [1.29, 1.82) is 0 Å². The van der Waals surface area contributed by atoms with Gasteiger partial charge in [-0.15, -0.1) is 0 Å². The number of aromatic nitrogens is 5. The number of H-pyrrole nitrogens is 2. The lowest BCUT2D eigenvalue weighted by Gasteiger charge is -2.34. The van der Waals surface area contributed by atoms with Crippen molar-refractivity contribution in [2.45, 2.75) is 18.9 Å². The van der Waals surface area contributed by atoms with Gasteiger partial charge in [-0.1, -0.05) is 6.07 Å². The van der Waals surface area contributed by atoms with Gasteiger partial charge in [0, 0.05) is 71.7 Å². The zero-order valence-electron chi connectivity index (χ0n) is 21.6. The van der Waals surface area contributed by atoms with E-state index in [1.807, 2.05) is 12.4 Å². The van der Waals surface area contributed by atoms with E-state index in [1.165, 1.54) is 11.1 Å². The van der Waals surface area contributed by atoms with Gasteiger partial charge in [0.2, 0.25) is 0 Å². The quantitative estimate of drug-likeness (QED) is 0.329. The van der Waals surface area contributed by atoms with Gasteiger partial charge in [-0.3, -0.25) is 10.1 Å². The molecule has 0 bridgehead atoms. The molecule has 9 nitrogen and oxygen atoms in total. The van der Waals surface area contributed by atoms with Crippen LogP contribution < -0.4 is 15.0 Å². The molecular formula is C29H32N8O. The maximum absolute atomic E-state index is 6.23. The van der Waals surface area contributed by atoms with Gasteiger partial charge in [-0.25, -0.2) is 4.98 Å². The Morgan fingerprint density at radius 1 is 0.921 bits per heavy atom. The molecule has 0 spiro atoms. The normalized spacial score (nSPS) is 17.4. The van der Waals surface area contributed by atoms with Crippen LogP contribution in [0.5, 0.6) is 5.75 Å². The number of nitrogens with zero attached hydrogens (tertiary/aromatic N) is 5. The summed E-state index contributed by atoms with van der Waals surface area (Å²) in [6.45, 7) is 6.20. The first-order valence-electron chi connectivity index (χ1n) is 13.4. The van der Waals surface area contributed by atoms with Crippen LogP contribution >= 0.6 is 0 Å². The van der Waals surface area contributed by atoms with Gasteiger partial charge in [-0.2, -0.15) is 5.10 Å². The molecule has 2 saturated heterocycles. The molecule has 1 aromatic carbocycles. The lowest BCUT2D eigenvalue weighted by molar-refractivity contribution is 0.162. The zero-order valence-corrected chi connectivity index (χ0v) is 21.6. The number of nitrogens with one attached hydrogen (secondary N) is 3. The number of ether oxygens (including phenoxy) is 1. The van der Waals surface area contributed by atoms with Gasteiger partial charge in [0.15, 0.2) is 5.65 Å². The fourth-order valence-corrected chi connectivity index (χ4v) is 5.61. The second-order valence-electron chi connectivity index (χ2n) is 10.4. The monoisotopic (exact) mass is 508 g/mol. The van der Waals surface area contributed by atoms with Gasteiger partial charge in [0.1, 0.15) is 11.9 Å². The number of rotatable bonds is 5. The Kier molecular flexibility index (Phi) is 5.94. The summed E-state index contributed by atoms with van der Waals surface area (Å²) in [4.78, 5) is 17.6. The van der Waals surface area contributed by atoms with E-state index in [0.717, 1.165) is 91.3 Å². The predicted octanol–water partition coefficient (Wildman–Crippen LogP) is 4.05. The Morgan fingerprint density at radius 3 is 2.63 bits per heavy atom. The third-order valence-corrected chi connectivity index (χ3v) is 7.80. The Labute approximate surface area is 221 Å². The van der Waals surface area contributed by atoms with Crippen molar-refractivity contribution in [3.05, 3.63) is 55.0 Å². The van der Waals surface area contributed by atoms with Gasteiger partial charge >= 0.3 is 0 Å². The molecule has 2 fully saturated rings. The second-order valence-corrected chi connectivity index (χ2v) is 10.4. The minimum atomic E-state index is 0.229. The fraction of sp³-hybridized carbons (Fsp3) is 0.345. The second kappa shape index (κ2) is 9.74. The van der Waals surface area contributed by atoms with Gasteiger partial charge < -0.3 is 24.8 Å². The summed E-state index contributed by atoms with van der Waals surface area (Å²) in [5.74, 6) is 0.800. The fourth-order valence-electron chi connectivity index (χ4n) is 5.61. The predicted molar refractivity (Wildman–Crippen MR) is 151 cm³/mol. The van der Waals surface area contributed by atoms with E-state index < -0.39 is 0 Å². The van der Waals surface area contributed by atoms with E-state index in [2.05, 4.69) is 83.7 Å². The molecule has 0 radical (unpaired) electrons. The van der Waals surface area contributed by atoms with Gasteiger partial charge in [0.25, 0.3) is 0 Å². The van der Waals surface area contributed by atoms with E-state index in [0.29, 0.717) is 5.65 Å². The summed E-state index contributed by atoms with van der Waals surface area (Å²) in [6, 6.07) is 12.9. The molecule has 0 aliphatic carbocycles. The Bertz CT molecular complexity index is 1580. The Morgan fingerprint density at radius 2 is 1.76 bits per heavy atom. The van der Waals surface area contributed by atoms with Crippen LogP contribution in [0.15, 0.2) is 55.0 Å². The van der Waals surface area contributed by atoms with E-state index in [4.69, 9.17) is 4.74 Å². The number of piperazine rings is 1. The number of benzene rings is 1. The highest BCUT2D eigenvalue weighted by Crippen LogP contribution is 2.35. The van der Waals surface area contributed by atoms with Crippen molar-refractivity contribution in [3.8, 4) is 28.3 Å². The number of hydrogen-bond donors (Lipinski definition) is 3. The number of likely N-dealkylation sites (N-methyl/N-ethyl adjacent to an activating group) is 1. The van der Waals surface area contributed by atoms with Crippen molar-refractivity contribution < 1.29 is 4.74 Å². The Hall–Kier alpha value is -3.95. The summed E-state index contributed by atoms with van der Waals surface area (Å²) in [5, 5.41) is 13.3. The SMILES string of the molecule is CN1CCN(c2cccc3[nH]c(-c4[nH]nc5ncc(-c6cncc(OC7CCNCC7)c6)cc45)cc23)CC1. The molecule has 2 aliphatic heterocycles. The lowest BCUT2D eigenvalue weighted by atomic mass is 10.1. The molecule has 194 valence electrons. The summed E-state index contributed by atoms with van der Waals surface area (Å²) < 4.78 is 6.23. The topological polar surface area (TPSA) is 98.0 Å². The third-order valence-electron chi connectivity index (χ3n) is 7.80. The van der Waals surface area contributed by atoms with Crippen molar-refractivity contribution >= 4 is 27.6 Å². The lowest BCUT2D eigenvalue weighted by Crippen LogP contribution is -2.44. The maximum atomic E-state index is 6.23. The third kappa shape index (κ3) is 4.37. The van der Waals surface area contributed by atoms with Crippen LogP contribution in [0.1, 0.15) is 12.8 Å².